The van der Waals surface area contributed by atoms with Gasteiger partial charge >= 0.3 is 5.97 Å². The van der Waals surface area contributed by atoms with Gasteiger partial charge in [-0.2, -0.15) is 0 Å². The number of alkyl halides is 1. The number of rotatable bonds is 3. The van der Waals surface area contributed by atoms with E-state index in [2.05, 4.69) is 30.2 Å². The number of nitrogens with one attached hydrogen (secondary N) is 2. The molecule has 0 saturated carbocycles. The van der Waals surface area contributed by atoms with Crippen LogP contribution in [0.1, 0.15) is 39.0 Å². The lowest BCUT2D eigenvalue weighted by Gasteiger charge is -2.42. The number of aromatic amines is 1. The van der Waals surface area contributed by atoms with Crippen LogP contribution in [0.15, 0.2) is 24.3 Å². The second-order valence-corrected chi connectivity index (χ2v) is 7.42. The SMILES string of the molecule is CC(C)OC(=O)C1(CCl)NCC(C)(C)c2c1[nH]c1ccccc21. The summed E-state index contributed by atoms with van der Waals surface area (Å²) < 4.78 is 5.50. The molecule has 0 radical (unpaired) electrons. The second kappa shape index (κ2) is 5.53. The highest BCUT2D eigenvalue weighted by atomic mass is 35.5. The highest BCUT2D eigenvalue weighted by molar-refractivity contribution is 6.20. The van der Waals surface area contributed by atoms with Crippen LogP contribution in [0.4, 0.5) is 0 Å². The third-order valence-corrected chi connectivity index (χ3v) is 4.93. The average Bonchev–Trinajstić information content (AvgIpc) is 2.88. The number of benzene rings is 1. The molecule has 0 bridgehead atoms. The maximum absolute atomic E-state index is 12.8. The molecule has 3 rings (SSSR count). The molecular weight excluding hydrogens is 312 g/mol. The van der Waals surface area contributed by atoms with E-state index in [9.17, 15) is 4.79 Å². The maximum Gasteiger partial charge on any atom is 0.334 e. The molecule has 4 nitrogen and oxygen atoms in total. The second-order valence-electron chi connectivity index (χ2n) is 7.15. The van der Waals surface area contributed by atoms with Crippen LogP contribution in [0.2, 0.25) is 0 Å². The Morgan fingerprint density at radius 3 is 2.70 bits per heavy atom. The number of esters is 1. The van der Waals surface area contributed by atoms with E-state index < -0.39 is 5.54 Å². The zero-order valence-electron chi connectivity index (χ0n) is 14.0. The van der Waals surface area contributed by atoms with Crippen molar-refractivity contribution in [3.63, 3.8) is 0 Å². The molecule has 5 heteroatoms. The maximum atomic E-state index is 12.8. The zero-order chi connectivity index (χ0) is 16.8. The van der Waals surface area contributed by atoms with Crippen molar-refractivity contribution >= 4 is 28.5 Å². The first-order chi connectivity index (χ1) is 10.8. The minimum absolute atomic E-state index is 0.109. The number of hydrogen-bond acceptors (Lipinski definition) is 3. The monoisotopic (exact) mass is 334 g/mol. The highest BCUT2D eigenvalue weighted by Gasteiger charge is 2.50. The van der Waals surface area contributed by atoms with Crippen molar-refractivity contribution in [2.75, 3.05) is 12.4 Å². The van der Waals surface area contributed by atoms with Crippen molar-refractivity contribution in [3.8, 4) is 0 Å². The molecule has 0 fully saturated rings. The minimum atomic E-state index is -1.03. The number of carbonyl (C=O) groups is 1. The molecule has 1 aromatic heterocycles. The van der Waals surface area contributed by atoms with Gasteiger partial charge in [0.05, 0.1) is 17.7 Å². The molecule has 0 spiro atoms. The van der Waals surface area contributed by atoms with Crippen LogP contribution in [0.25, 0.3) is 10.9 Å². The summed E-state index contributed by atoms with van der Waals surface area (Å²) >= 11 is 6.28. The minimum Gasteiger partial charge on any atom is -0.461 e. The van der Waals surface area contributed by atoms with E-state index in [4.69, 9.17) is 16.3 Å². The topological polar surface area (TPSA) is 54.1 Å². The van der Waals surface area contributed by atoms with Crippen LogP contribution in [0.5, 0.6) is 0 Å². The van der Waals surface area contributed by atoms with Gasteiger partial charge in [0.25, 0.3) is 0 Å². The number of halogens is 1. The average molecular weight is 335 g/mol. The molecule has 1 aliphatic rings. The fourth-order valence-corrected chi connectivity index (χ4v) is 3.71. The summed E-state index contributed by atoms with van der Waals surface area (Å²) in [6.07, 6.45) is -0.188. The number of ether oxygens (including phenoxy) is 1. The Bertz CT molecular complexity index is 751. The fraction of sp³-hybridized carbons (Fsp3) is 0.500. The van der Waals surface area contributed by atoms with Gasteiger partial charge in [0, 0.05) is 22.9 Å². The molecule has 1 aliphatic heterocycles. The molecule has 124 valence electrons. The van der Waals surface area contributed by atoms with Crippen molar-refractivity contribution in [1.29, 1.82) is 0 Å². The molecule has 1 unspecified atom stereocenters. The molecule has 2 heterocycles. The van der Waals surface area contributed by atoms with Crippen molar-refractivity contribution in [2.24, 2.45) is 0 Å². The standard InChI is InChI=1S/C18H23ClN2O2/c1-11(2)23-16(22)18(9-19)15-14(17(3,4)10-20-18)12-7-5-6-8-13(12)21-15/h5-8,11,20-21H,9-10H2,1-4H3. The van der Waals surface area contributed by atoms with E-state index in [0.29, 0.717) is 6.54 Å². The Morgan fingerprint density at radius 1 is 1.35 bits per heavy atom. The summed E-state index contributed by atoms with van der Waals surface area (Å²) in [5.41, 5.74) is 1.85. The molecule has 0 amide bonds. The molecule has 23 heavy (non-hydrogen) atoms. The van der Waals surface area contributed by atoms with E-state index in [-0.39, 0.29) is 23.4 Å². The number of H-pyrrole nitrogens is 1. The van der Waals surface area contributed by atoms with Gasteiger partial charge in [-0.25, -0.2) is 4.79 Å². The van der Waals surface area contributed by atoms with Gasteiger partial charge in [0.2, 0.25) is 0 Å². The zero-order valence-corrected chi connectivity index (χ0v) is 14.8. The predicted molar refractivity (Wildman–Crippen MR) is 93.0 cm³/mol. The number of carbonyl (C=O) groups excluding carboxylic acids is 1. The molecule has 2 aromatic rings. The highest BCUT2D eigenvalue weighted by Crippen LogP contribution is 2.43. The van der Waals surface area contributed by atoms with Crippen LogP contribution in [0, 0.1) is 0 Å². The Morgan fingerprint density at radius 2 is 2.04 bits per heavy atom. The molecule has 2 N–H and O–H groups in total. The van der Waals surface area contributed by atoms with Crippen LogP contribution in [0.3, 0.4) is 0 Å². The van der Waals surface area contributed by atoms with E-state index >= 15 is 0 Å². The first-order valence-corrected chi connectivity index (χ1v) is 8.49. The van der Waals surface area contributed by atoms with Crippen LogP contribution < -0.4 is 5.32 Å². The van der Waals surface area contributed by atoms with Crippen molar-refractivity contribution in [3.05, 3.63) is 35.5 Å². The third kappa shape index (κ3) is 2.45. The molecular formula is C18H23ClN2O2. The van der Waals surface area contributed by atoms with Gasteiger partial charge in [-0.3, -0.25) is 5.32 Å². The summed E-state index contributed by atoms with van der Waals surface area (Å²) in [4.78, 5) is 16.2. The number of hydrogen-bond donors (Lipinski definition) is 2. The number of para-hydroxylation sites is 1. The van der Waals surface area contributed by atoms with Gasteiger partial charge in [0.1, 0.15) is 0 Å². The lowest BCUT2D eigenvalue weighted by Crippen LogP contribution is -2.59. The predicted octanol–water partition coefficient (Wildman–Crippen LogP) is 3.43. The Kier molecular flexibility index (Phi) is 3.93. The van der Waals surface area contributed by atoms with Gasteiger partial charge in [-0.1, -0.05) is 32.0 Å². The van der Waals surface area contributed by atoms with Gasteiger partial charge in [-0.15, -0.1) is 11.6 Å². The van der Waals surface area contributed by atoms with Crippen molar-refractivity contribution < 1.29 is 9.53 Å². The summed E-state index contributed by atoms with van der Waals surface area (Å²) in [5, 5.41) is 4.50. The molecule has 0 aliphatic carbocycles. The first kappa shape index (κ1) is 16.3. The van der Waals surface area contributed by atoms with E-state index in [1.807, 2.05) is 32.0 Å². The van der Waals surface area contributed by atoms with Crippen molar-refractivity contribution in [2.45, 2.75) is 44.8 Å². The summed E-state index contributed by atoms with van der Waals surface area (Å²) in [6.45, 7) is 8.69. The van der Waals surface area contributed by atoms with Crippen LogP contribution >= 0.6 is 11.6 Å². The summed E-state index contributed by atoms with van der Waals surface area (Å²) in [6, 6.07) is 8.12. The normalized spacial score (nSPS) is 23.0. The Balaban J connectivity index is 2.25. The number of aromatic nitrogens is 1. The summed E-state index contributed by atoms with van der Waals surface area (Å²) in [5.74, 6) is -0.208. The fourth-order valence-electron chi connectivity index (χ4n) is 3.37. The molecule has 1 atom stereocenters. The van der Waals surface area contributed by atoms with Crippen LogP contribution in [-0.2, 0) is 20.5 Å². The van der Waals surface area contributed by atoms with Crippen LogP contribution in [-0.4, -0.2) is 29.5 Å². The quantitative estimate of drug-likeness (QED) is 0.668. The third-order valence-electron chi connectivity index (χ3n) is 4.53. The Labute approximate surface area is 141 Å². The summed E-state index contributed by atoms with van der Waals surface area (Å²) in [7, 11) is 0. The lowest BCUT2D eigenvalue weighted by molar-refractivity contribution is -0.155. The van der Waals surface area contributed by atoms with Crippen molar-refractivity contribution in [1.82, 2.24) is 10.3 Å². The first-order valence-electron chi connectivity index (χ1n) is 7.95. The number of fused-ring (bicyclic) bond motifs is 3. The van der Waals surface area contributed by atoms with Gasteiger partial charge in [-0.05, 0) is 25.5 Å². The van der Waals surface area contributed by atoms with E-state index in [0.717, 1.165) is 22.2 Å². The lowest BCUT2D eigenvalue weighted by atomic mass is 9.74. The van der Waals surface area contributed by atoms with Gasteiger partial charge < -0.3 is 9.72 Å². The Hall–Kier alpha value is -1.52. The molecule has 1 aromatic carbocycles. The smallest absolute Gasteiger partial charge is 0.334 e. The molecule has 0 saturated heterocycles. The van der Waals surface area contributed by atoms with Gasteiger partial charge in [0.15, 0.2) is 5.54 Å². The largest absolute Gasteiger partial charge is 0.461 e. The van der Waals surface area contributed by atoms with E-state index in [1.165, 1.54) is 0 Å². The van der Waals surface area contributed by atoms with E-state index in [1.54, 1.807) is 0 Å².